The molecule has 0 unspecified atom stereocenters. The number of pyridine rings is 1. The number of fused-ring (bicyclic) bond motifs is 5. The number of unbranched alkanes of at least 4 members (excludes halogenated alkanes) is 5. The Morgan fingerprint density at radius 2 is 1.78 bits per heavy atom. The van der Waals surface area contributed by atoms with Gasteiger partial charge in [-0.25, -0.2) is 9.36 Å². The topological polar surface area (TPSA) is 110 Å². The van der Waals surface area contributed by atoms with Crippen LogP contribution < -0.4 is 21.5 Å². The number of aryl methyl sites for hydroxylation is 1. The van der Waals surface area contributed by atoms with Gasteiger partial charge in [-0.2, -0.15) is 0 Å². The number of rotatable bonds is 13. The SMILES string of the molecule is CC(C)[C@]12O[C@H]1[C@@H]1O[C@]13[C@]1(O[C@H]1C[C@H]1C4=C(CC[C@@]13C)C(=O)OC4)[C@@H]2OC(=O)CCCCCCCC[n+]1ccc(/C=C/c2c[nH]c3ccccc23)cc1.[Br-]. The van der Waals surface area contributed by atoms with Crippen LogP contribution in [0.25, 0.3) is 23.1 Å². The Morgan fingerprint density at radius 3 is 2.59 bits per heavy atom. The van der Waals surface area contributed by atoms with E-state index < -0.39 is 22.9 Å². The molecule has 2 aromatic heterocycles. The summed E-state index contributed by atoms with van der Waals surface area (Å²) in [5.41, 5.74) is 3.47. The predicted octanol–water partition coefficient (Wildman–Crippen LogP) is 4.03. The van der Waals surface area contributed by atoms with E-state index in [1.165, 1.54) is 22.9 Å². The van der Waals surface area contributed by atoms with Crippen LogP contribution in [-0.2, 0) is 39.8 Å². The lowest BCUT2D eigenvalue weighted by atomic mass is 9.46. The van der Waals surface area contributed by atoms with Crippen LogP contribution in [0.4, 0.5) is 0 Å². The number of benzene rings is 1. The number of aromatic amines is 1. The normalized spacial score (nSPS) is 36.4. The van der Waals surface area contributed by atoms with E-state index in [1.807, 2.05) is 0 Å². The number of epoxide rings is 3. The molecule has 7 aliphatic rings. The highest BCUT2D eigenvalue weighted by molar-refractivity contribution is 5.92. The molecule has 3 saturated heterocycles. The number of cyclic esters (lactones) is 1. The average molecular weight is 800 g/mol. The third kappa shape index (κ3) is 5.15. The fraction of sp³-hybridized carbons (Fsp3) is 0.568. The molecule has 4 aliphatic heterocycles. The number of nitrogens with one attached hydrogen (secondary N) is 1. The van der Waals surface area contributed by atoms with Crippen LogP contribution in [0, 0.1) is 17.3 Å². The first kappa shape index (κ1) is 36.3. The van der Waals surface area contributed by atoms with Gasteiger partial charge in [0, 0.05) is 53.1 Å². The number of ether oxygens (including phenoxy) is 5. The fourth-order valence-corrected chi connectivity index (χ4v) is 11.5. The highest BCUT2D eigenvalue weighted by Crippen LogP contribution is 2.83. The van der Waals surface area contributed by atoms with Gasteiger partial charge in [-0.15, -0.1) is 0 Å². The molecule has 10 heteroatoms. The lowest BCUT2D eigenvalue weighted by molar-refractivity contribution is -0.697. The van der Waals surface area contributed by atoms with Gasteiger partial charge in [0.05, 0.1) is 6.10 Å². The number of aromatic nitrogens is 2. The number of halogens is 1. The Hall–Kier alpha value is -3.31. The number of nitrogens with zero attached hydrogens (tertiary/aromatic N) is 1. The van der Waals surface area contributed by atoms with Gasteiger partial charge in [0.1, 0.15) is 36.6 Å². The van der Waals surface area contributed by atoms with Crippen LogP contribution in [0.5, 0.6) is 0 Å². The molecule has 3 aliphatic carbocycles. The summed E-state index contributed by atoms with van der Waals surface area (Å²) in [6.07, 6.45) is 19.1. The molecule has 0 radical (unpaired) electrons. The van der Waals surface area contributed by atoms with E-state index in [1.54, 1.807) is 0 Å². The average Bonchev–Trinajstić information content (AvgIpc) is 4.10. The molecule has 1 N–H and O–H groups in total. The maximum absolute atomic E-state index is 13.6. The molecule has 6 heterocycles. The van der Waals surface area contributed by atoms with Gasteiger partial charge in [-0.05, 0) is 66.7 Å². The predicted molar refractivity (Wildman–Crippen MR) is 197 cm³/mol. The van der Waals surface area contributed by atoms with Gasteiger partial charge in [0.2, 0.25) is 0 Å². The molecule has 2 spiro atoms. The number of hydrogen-bond donors (Lipinski definition) is 1. The largest absolute Gasteiger partial charge is 1.00 e. The number of carbonyl (C=O) groups excluding carboxylic acids is 2. The second-order valence-electron chi connectivity index (χ2n) is 17.2. The van der Waals surface area contributed by atoms with Crippen LogP contribution in [0.1, 0.15) is 96.1 Å². The summed E-state index contributed by atoms with van der Waals surface area (Å²) in [5, 5.41) is 1.24. The molecular formula is C44H51BrN2O7. The van der Waals surface area contributed by atoms with Crippen LogP contribution >= 0.6 is 0 Å². The second kappa shape index (κ2) is 13.1. The zero-order valence-electron chi connectivity index (χ0n) is 31.5. The summed E-state index contributed by atoms with van der Waals surface area (Å²) in [4.78, 5) is 29.4. The van der Waals surface area contributed by atoms with E-state index in [0.717, 1.165) is 68.2 Å². The van der Waals surface area contributed by atoms with Crippen LogP contribution in [0.15, 0.2) is 66.1 Å². The quantitative estimate of drug-likeness (QED) is 0.121. The summed E-state index contributed by atoms with van der Waals surface area (Å²) >= 11 is 0. The summed E-state index contributed by atoms with van der Waals surface area (Å²) < 4.78 is 34.4. The van der Waals surface area contributed by atoms with E-state index in [4.69, 9.17) is 23.7 Å². The van der Waals surface area contributed by atoms with Crippen molar-refractivity contribution in [2.45, 2.75) is 133 Å². The molecule has 9 nitrogen and oxygen atoms in total. The van der Waals surface area contributed by atoms with Crippen LogP contribution in [-0.4, -0.2) is 64.7 Å². The smallest absolute Gasteiger partial charge is 0.334 e. The minimum atomic E-state index is -0.690. The molecule has 9 atom stereocenters. The summed E-state index contributed by atoms with van der Waals surface area (Å²) in [6, 6.07) is 12.7. The third-order valence-corrected chi connectivity index (χ3v) is 14.4. The van der Waals surface area contributed by atoms with Crippen molar-refractivity contribution in [2.75, 3.05) is 6.61 Å². The van der Waals surface area contributed by atoms with Crippen molar-refractivity contribution in [3.63, 3.8) is 0 Å². The molecule has 2 saturated carbocycles. The Kier molecular flexibility index (Phi) is 8.84. The van der Waals surface area contributed by atoms with Gasteiger partial charge < -0.3 is 45.6 Å². The van der Waals surface area contributed by atoms with E-state index in [9.17, 15) is 9.59 Å². The number of carbonyl (C=O) groups is 2. The van der Waals surface area contributed by atoms with E-state index in [0.29, 0.717) is 19.4 Å². The molecule has 54 heavy (non-hydrogen) atoms. The number of esters is 2. The minimum Gasteiger partial charge on any atom is -1.00 e. The summed E-state index contributed by atoms with van der Waals surface area (Å²) in [7, 11) is 0. The first-order chi connectivity index (χ1) is 25.7. The molecule has 3 aromatic rings. The van der Waals surface area contributed by atoms with Crippen molar-refractivity contribution < 1.29 is 54.8 Å². The van der Waals surface area contributed by atoms with E-state index in [2.05, 4.69) is 97.5 Å². The maximum Gasteiger partial charge on any atom is 0.334 e. The summed E-state index contributed by atoms with van der Waals surface area (Å²) in [5.74, 6) is -0.00140. The second-order valence-corrected chi connectivity index (χ2v) is 17.2. The standard InChI is InChI=1S/C44H50N2O7.BrH/c1-27(2)42-37(52-42)38-44(53-38)41(3)20-17-31-32(26-49-39(31)48)33(41)24-35-43(44,51-35)40(42)50-36(47)14-8-6-4-5-7-11-21-46-22-18-28(19-23-46)15-16-29-25-45-34-13-10-9-12-30(29)34;/h9-10,12-13,15-16,18-19,22-23,25,27,33,35,37-38,40H,4-8,11,14,17,20-21,24,26H2,1-3H3;1H/t33-,35-,37-,38-,40+,41-,42-,43+,44+;/m0./s1. The Morgan fingerprint density at radius 1 is 1.00 bits per heavy atom. The molecular weight excluding hydrogens is 748 g/mol. The molecule has 0 bridgehead atoms. The summed E-state index contributed by atoms with van der Waals surface area (Å²) in [6.45, 7) is 8.02. The maximum atomic E-state index is 13.6. The lowest BCUT2D eigenvalue weighted by Crippen LogP contribution is -3.00. The van der Waals surface area contributed by atoms with Crippen molar-refractivity contribution in [1.29, 1.82) is 0 Å². The molecule has 5 fully saturated rings. The Balaban J connectivity index is 0.00000384. The van der Waals surface area contributed by atoms with E-state index >= 15 is 0 Å². The van der Waals surface area contributed by atoms with Gasteiger partial charge in [-0.3, -0.25) is 4.79 Å². The zero-order chi connectivity index (χ0) is 36.2. The number of H-pyrrole nitrogens is 1. The molecule has 1 aromatic carbocycles. The number of para-hydroxylation sites is 1. The molecule has 286 valence electrons. The first-order valence-electron chi connectivity index (χ1n) is 20.1. The van der Waals surface area contributed by atoms with Crippen molar-refractivity contribution >= 4 is 35.0 Å². The van der Waals surface area contributed by atoms with Gasteiger partial charge >= 0.3 is 11.9 Å². The number of hydrogen-bond acceptors (Lipinski definition) is 7. The van der Waals surface area contributed by atoms with Gasteiger partial charge in [0.25, 0.3) is 0 Å². The van der Waals surface area contributed by atoms with Crippen LogP contribution in [0.3, 0.4) is 0 Å². The highest BCUT2D eigenvalue weighted by Gasteiger charge is 3.01. The van der Waals surface area contributed by atoms with Crippen molar-refractivity contribution in [3.8, 4) is 0 Å². The molecule has 10 rings (SSSR count). The zero-order valence-corrected chi connectivity index (χ0v) is 33.1. The first-order valence-corrected chi connectivity index (χ1v) is 20.1. The Bertz CT molecular complexity index is 2040. The van der Waals surface area contributed by atoms with Gasteiger partial charge in [-0.1, -0.05) is 70.4 Å². The van der Waals surface area contributed by atoms with Crippen molar-refractivity contribution in [2.24, 2.45) is 17.3 Å². The van der Waals surface area contributed by atoms with Crippen molar-refractivity contribution in [1.82, 2.24) is 4.98 Å². The fourth-order valence-electron chi connectivity index (χ4n) is 11.5. The monoisotopic (exact) mass is 798 g/mol. The third-order valence-electron chi connectivity index (χ3n) is 14.4. The van der Waals surface area contributed by atoms with Crippen molar-refractivity contribution in [3.05, 3.63) is 77.3 Å². The minimum absolute atomic E-state index is 0. The van der Waals surface area contributed by atoms with Gasteiger partial charge in [0.15, 0.2) is 24.1 Å². The molecule has 0 amide bonds. The van der Waals surface area contributed by atoms with Crippen LogP contribution in [0.2, 0.25) is 0 Å². The highest BCUT2D eigenvalue weighted by atomic mass is 79.9. The Labute approximate surface area is 327 Å². The van der Waals surface area contributed by atoms with E-state index in [-0.39, 0.29) is 64.5 Å². The lowest BCUT2D eigenvalue weighted by Gasteiger charge is -2.53.